The molecule has 0 bridgehead atoms. The molecule has 0 aliphatic rings. The molecule has 1 atom stereocenters. The Balaban J connectivity index is 3.00. The van der Waals surface area contributed by atoms with Crippen LogP contribution in [0.3, 0.4) is 0 Å². The quantitative estimate of drug-likeness (QED) is 0.737. The highest BCUT2D eigenvalue weighted by molar-refractivity contribution is 7.98. The number of rotatable bonds is 7. The van der Waals surface area contributed by atoms with Gasteiger partial charge in [-0.2, -0.15) is 24.9 Å². The molecule has 0 aliphatic heterocycles. The van der Waals surface area contributed by atoms with E-state index in [2.05, 4.69) is 5.32 Å². The highest BCUT2D eigenvalue weighted by atomic mass is 32.2. The fourth-order valence-corrected chi connectivity index (χ4v) is 2.39. The zero-order valence-corrected chi connectivity index (χ0v) is 12.4. The lowest BCUT2D eigenvalue weighted by Gasteiger charge is -2.20. The summed E-state index contributed by atoms with van der Waals surface area (Å²) >= 11 is 1.63. The van der Waals surface area contributed by atoms with Crippen molar-refractivity contribution in [3.8, 4) is 0 Å². The normalized spacial score (nSPS) is 13.5. The summed E-state index contributed by atoms with van der Waals surface area (Å²) < 4.78 is 51.5. The van der Waals surface area contributed by atoms with E-state index in [0.29, 0.717) is 12.0 Å². The summed E-state index contributed by atoms with van der Waals surface area (Å²) in [4.78, 5) is 0. The molecule has 1 rings (SSSR count). The lowest BCUT2D eigenvalue weighted by atomic mass is 10.0. The second-order valence-corrected chi connectivity index (χ2v) is 5.51. The van der Waals surface area contributed by atoms with Crippen LogP contribution in [-0.4, -0.2) is 18.6 Å². The molecule has 1 N–H and O–H groups in total. The first-order chi connectivity index (χ1) is 9.40. The number of hydrogen-bond donors (Lipinski definition) is 1. The summed E-state index contributed by atoms with van der Waals surface area (Å²) in [7, 11) is 0. The third-order valence-corrected chi connectivity index (χ3v) is 3.59. The van der Waals surface area contributed by atoms with Crippen molar-refractivity contribution in [2.24, 2.45) is 0 Å². The molecule has 6 heteroatoms. The zero-order chi connectivity index (χ0) is 15.2. The minimum atomic E-state index is -4.66. The fraction of sp³-hybridized carbons (Fsp3) is 0.571. The molecule has 0 amide bonds. The van der Waals surface area contributed by atoms with Crippen molar-refractivity contribution < 1.29 is 17.6 Å². The van der Waals surface area contributed by atoms with E-state index in [1.807, 2.05) is 13.2 Å². The molecule has 114 valence electrons. The van der Waals surface area contributed by atoms with Gasteiger partial charge in [0.15, 0.2) is 0 Å². The second kappa shape index (κ2) is 7.88. The topological polar surface area (TPSA) is 12.0 Å². The Hall–Kier alpha value is -0.750. The minimum absolute atomic E-state index is 0.177. The van der Waals surface area contributed by atoms with Gasteiger partial charge in [-0.15, -0.1) is 0 Å². The van der Waals surface area contributed by atoms with Crippen molar-refractivity contribution in [3.05, 3.63) is 35.1 Å². The maximum Gasteiger partial charge on any atom is 0.419 e. The van der Waals surface area contributed by atoms with Gasteiger partial charge in [0.1, 0.15) is 5.82 Å². The van der Waals surface area contributed by atoms with Gasteiger partial charge in [0.2, 0.25) is 0 Å². The van der Waals surface area contributed by atoms with Crippen LogP contribution in [0.15, 0.2) is 18.2 Å². The van der Waals surface area contributed by atoms with Crippen LogP contribution in [0, 0.1) is 5.82 Å². The molecule has 0 saturated heterocycles. The molecular formula is C14H19F4NS. The van der Waals surface area contributed by atoms with E-state index in [1.54, 1.807) is 11.8 Å². The number of benzene rings is 1. The molecule has 1 aromatic carbocycles. The van der Waals surface area contributed by atoms with Crippen LogP contribution in [0.4, 0.5) is 17.6 Å². The van der Waals surface area contributed by atoms with E-state index >= 15 is 0 Å². The number of hydrogen-bond acceptors (Lipinski definition) is 2. The Morgan fingerprint density at radius 2 is 2.00 bits per heavy atom. The fourth-order valence-electron chi connectivity index (χ4n) is 1.92. The van der Waals surface area contributed by atoms with Crippen molar-refractivity contribution in [1.82, 2.24) is 5.32 Å². The van der Waals surface area contributed by atoms with E-state index < -0.39 is 17.6 Å². The smallest absolute Gasteiger partial charge is 0.310 e. The zero-order valence-electron chi connectivity index (χ0n) is 11.6. The molecule has 20 heavy (non-hydrogen) atoms. The van der Waals surface area contributed by atoms with Gasteiger partial charge in [-0.25, -0.2) is 4.39 Å². The summed E-state index contributed by atoms with van der Waals surface area (Å²) in [6.45, 7) is 2.71. The maximum absolute atomic E-state index is 13.3. The predicted molar refractivity (Wildman–Crippen MR) is 75.4 cm³/mol. The molecule has 0 radical (unpaired) electrons. The molecule has 0 aromatic heterocycles. The van der Waals surface area contributed by atoms with Crippen molar-refractivity contribution in [3.63, 3.8) is 0 Å². The average Bonchev–Trinajstić information content (AvgIpc) is 2.38. The van der Waals surface area contributed by atoms with Crippen molar-refractivity contribution in [2.75, 3.05) is 18.6 Å². The average molecular weight is 309 g/mol. The van der Waals surface area contributed by atoms with Crippen molar-refractivity contribution in [2.45, 2.75) is 32.0 Å². The van der Waals surface area contributed by atoms with Gasteiger partial charge in [0, 0.05) is 6.04 Å². The Labute approximate surface area is 121 Å². The third kappa shape index (κ3) is 4.98. The summed E-state index contributed by atoms with van der Waals surface area (Å²) in [5.41, 5.74) is -0.705. The van der Waals surface area contributed by atoms with Crippen LogP contribution in [-0.2, 0) is 6.18 Å². The van der Waals surface area contributed by atoms with Gasteiger partial charge < -0.3 is 5.32 Å². The van der Waals surface area contributed by atoms with Gasteiger partial charge in [0.25, 0.3) is 0 Å². The Kier molecular flexibility index (Phi) is 6.82. The van der Waals surface area contributed by atoms with E-state index in [4.69, 9.17) is 0 Å². The Morgan fingerprint density at radius 1 is 1.30 bits per heavy atom. The van der Waals surface area contributed by atoms with Gasteiger partial charge in [-0.3, -0.25) is 0 Å². The highest BCUT2D eigenvalue weighted by Crippen LogP contribution is 2.33. The molecule has 1 nitrogen and oxygen atoms in total. The summed E-state index contributed by atoms with van der Waals surface area (Å²) in [5, 5.41) is 3.22. The van der Waals surface area contributed by atoms with E-state index in [-0.39, 0.29) is 6.04 Å². The molecule has 0 spiro atoms. The molecular weight excluding hydrogens is 290 g/mol. The van der Waals surface area contributed by atoms with Crippen molar-refractivity contribution >= 4 is 11.8 Å². The molecule has 1 aromatic rings. The Morgan fingerprint density at radius 3 is 2.55 bits per heavy atom. The first kappa shape index (κ1) is 17.3. The molecule has 1 unspecified atom stereocenters. The van der Waals surface area contributed by atoms with Crippen LogP contribution in [0.2, 0.25) is 0 Å². The Bertz CT molecular complexity index is 412. The standard InChI is InChI=1S/C14H19F4NS/c1-3-7-19-13(6-8-20-2)10-4-5-12(15)11(9-10)14(16,17)18/h4-5,9,13,19H,3,6-8H2,1-2H3. The SMILES string of the molecule is CCCNC(CCSC)c1ccc(F)c(C(F)(F)F)c1. The number of halogens is 4. The second-order valence-electron chi connectivity index (χ2n) is 4.53. The summed E-state index contributed by atoms with van der Waals surface area (Å²) in [6, 6.07) is 3.07. The van der Waals surface area contributed by atoms with E-state index in [1.165, 1.54) is 6.07 Å². The van der Waals surface area contributed by atoms with Gasteiger partial charge >= 0.3 is 6.18 Å². The lowest BCUT2D eigenvalue weighted by molar-refractivity contribution is -0.140. The summed E-state index contributed by atoms with van der Waals surface area (Å²) in [5.74, 6) is -0.388. The first-order valence-electron chi connectivity index (χ1n) is 6.49. The van der Waals surface area contributed by atoms with Crippen LogP contribution >= 0.6 is 11.8 Å². The largest absolute Gasteiger partial charge is 0.419 e. The van der Waals surface area contributed by atoms with E-state index in [0.717, 1.165) is 30.9 Å². The third-order valence-electron chi connectivity index (χ3n) is 2.95. The van der Waals surface area contributed by atoms with Crippen LogP contribution in [0.5, 0.6) is 0 Å². The lowest BCUT2D eigenvalue weighted by Crippen LogP contribution is -2.23. The maximum atomic E-state index is 13.3. The predicted octanol–water partition coefficient (Wildman–Crippen LogP) is 4.64. The molecule has 0 aliphatic carbocycles. The van der Waals surface area contributed by atoms with Crippen LogP contribution in [0.1, 0.15) is 36.9 Å². The first-order valence-corrected chi connectivity index (χ1v) is 7.88. The molecule has 0 heterocycles. The van der Waals surface area contributed by atoms with Crippen LogP contribution < -0.4 is 5.32 Å². The number of alkyl halides is 3. The number of nitrogens with one attached hydrogen (secondary N) is 1. The van der Waals surface area contributed by atoms with Crippen LogP contribution in [0.25, 0.3) is 0 Å². The monoisotopic (exact) mass is 309 g/mol. The van der Waals surface area contributed by atoms with Gasteiger partial charge in [-0.05, 0) is 49.1 Å². The highest BCUT2D eigenvalue weighted by Gasteiger charge is 2.34. The summed E-state index contributed by atoms with van der Waals surface area (Å²) in [6.07, 6.45) is -1.11. The van der Waals surface area contributed by atoms with Crippen molar-refractivity contribution in [1.29, 1.82) is 0 Å². The minimum Gasteiger partial charge on any atom is -0.310 e. The van der Waals surface area contributed by atoms with E-state index in [9.17, 15) is 17.6 Å². The van der Waals surface area contributed by atoms with Gasteiger partial charge in [-0.1, -0.05) is 13.0 Å². The van der Waals surface area contributed by atoms with Gasteiger partial charge in [0.05, 0.1) is 5.56 Å². The molecule has 0 saturated carbocycles. The number of thioether (sulfide) groups is 1. The molecule has 0 fully saturated rings.